The third kappa shape index (κ3) is 4.42. The number of nitrogens with zero attached hydrogens (tertiary/aromatic N) is 3. The van der Waals surface area contributed by atoms with E-state index in [0.29, 0.717) is 24.1 Å². The number of carbonyl (C=O) groups excluding carboxylic acids is 1. The fourth-order valence-corrected chi connectivity index (χ4v) is 3.82. The molecule has 0 aliphatic rings. The summed E-state index contributed by atoms with van der Waals surface area (Å²) in [6.07, 6.45) is 1.47. The van der Waals surface area contributed by atoms with E-state index in [2.05, 4.69) is 4.98 Å². The molecule has 176 valence electrons. The molecule has 0 aliphatic carbocycles. The number of carbonyl (C=O) groups is 1. The molecule has 2 heterocycles. The van der Waals surface area contributed by atoms with Gasteiger partial charge in [0.15, 0.2) is 11.3 Å². The SMILES string of the molecule is CCCCn1c(N)c(N(Cc2ccccc2)C(=O)Cn2c(=O)oc3ccccc32)c(=O)[nH]c1=O. The Hall–Kier alpha value is -4.34. The average Bonchev–Trinajstić information content (AvgIpc) is 3.13. The zero-order chi connectivity index (χ0) is 24.2. The lowest BCUT2D eigenvalue weighted by Crippen LogP contribution is -2.42. The standard InChI is InChI=1S/C24H25N5O5/c1-2-3-13-27-21(25)20(22(31)26-23(27)32)29(14-16-9-5-4-6-10-16)19(30)15-28-17-11-7-8-12-18(17)34-24(28)33/h4-12H,2-3,13-15,25H2,1H3,(H,26,31,32). The molecule has 0 saturated heterocycles. The Morgan fingerprint density at radius 2 is 1.74 bits per heavy atom. The van der Waals surface area contributed by atoms with Crippen molar-refractivity contribution in [3.05, 3.63) is 91.5 Å². The van der Waals surface area contributed by atoms with Gasteiger partial charge in [0.25, 0.3) is 5.56 Å². The first kappa shape index (κ1) is 22.8. The second-order valence-corrected chi connectivity index (χ2v) is 7.89. The number of nitrogens with one attached hydrogen (secondary N) is 1. The number of nitrogens with two attached hydrogens (primary N) is 1. The molecule has 0 saturated carbocycles. The first-order valence-electron chi connectivity index (χ1n) is 11.0. The number of oxazole rings is 1. The van der Waals surface area contributed by atoms with Crippen molar-refractivity contribution in [2.45, 2.75) is 39.4 Å². The monoisotopic (exact) mass is 463 g/mol. The second-order valence-electron chi connectivity index (χ2n) is 7.89. The minimum Gasteiger partial charge on any atom is -0.408 e. The Balaban J connectivity index is 1.81. The van der Waals surface area contributed by atoms with Crippen LogP contribution in [0.15, 0.2) is 73.4 Å². The molecule has 2 aromatic heterocycles. The van der Waals surface area contributed by atoms with Crippen molar-refractivity contribution in [1.82, 2.24) is 14.1 Å². The first-order chi connectivity index (χ1) is 16.4. The lowest BCUT2D eigenvalue weighted by molar-refractivity contribution is -0.119. The summed E-state index contributed by atoms with van der Waals surface area (Å²) in [5.74, 6) is -1.35. The van der Waals surface area contributed by atoms with Crippen LogP contribution in [-0.4, -0.2) is 20.0 Å². The summed E-state index contributed by atoms with van der Waals surface area (Å²) < 4.78 is 7.69. The quantitative estimate of drug-likeness (QED) is 0.410. The van der Waals surface area contributed by atoms with Gasteiger partial charge in [0, 0.05) is 6.54 Å². The zero-order valence-corrected chi connectivity index (χ0v) is 18.7. The number of rotatable bonds is 8. The van der Waals surface area contributed by atoms with Crippen molar-refractivity contribution in [2.24, 2.45) is 0 Å². The molecule has 4 aromatic rings. The maximum Gasteiger partial charge on any atom is 0.420 e. The van der Waals surface area contributed by atoms with E-state index in [1.807, 2.05) is 25.1 Å². The zero-order valence-electron chi connectivity index (χ0n) is 18.7. The molecule has 4 rings (SSSR count). The van der Waals surface area contributed by atoms with E-state index in [-0.39, 0.29) is 24.6 Å². The number of hydrogen-bond acceptors (Lipinski definition) is 6. The van der Waals surface area contributed by atoms with Crippen LogP contribution in [0.25, 0.3) is 11.1 Å². The third-order valence-electron chi connectivity index (χ3n) is 5.57. The van der Waals surface area contributed by atoms with Crippen molar-refractivity contribution in [3.8, 4) is 0 Å². The summed E-state index contributed by atoms with van der Waals surface area (Å²) in [4.78, 5) is 54.7. The molecule has 3 N–H and O–H groups in total. The molecule has 0 atom stereocenters. The Morgan fingerprint density at radius 3 is 2.47 bits per heavy atom. The van der Waals surface area contributed by atoms with E-state index >= 15 is 0 Å². The highest BCUT2D eigenvalue weighted by atomic mass is 16.4. The molecule has 0 aliphatic heterocycles. The fraction of sp³-hybridized carbons (Fsp3) is 0.250. The van der Waals surface area contributed by atoms with Crippen LogP contribution in [0.5, 0.6) is 0 Å². The Labute approximate surface area is 193 Å². The van der Waals surface area contributed by atoms with Gasteiger partial charge in [-0.25, -0.2) is 9.59 Å². The maximum absolute atomic E-state index is 13.6. The summed E-state index contributed by atoms with van der Waals surface area (Å²) in [5.41, 5.74) is 6.27. The van der Waals surface area contributed by atoms with Crippen LogP contribution in [0.1, 0.15) is 25.3 Å². The molecule has 0 radical (unpaired) electrons. The highest BCUT2D eigenvalue weighted by Gasteiger charge is 2.26. The van der Waals surface area contributed by atoms with Gasteiger partial charge < -0.3 is 10.2 Å². The fourth-order valence-electron chi connectivity index (χ4n) is 3.82. The predicted octanol–water partition coefficient (Wildman–Crippen LogP) is 2.06. The van der Waals surface area contributed by atoms with E-state index in [1.54, 1.807) is 36.4 Å². The minimum absolute atomic E-state index is 0.0173. The molecular weight excluding hydrogens is 438 g/mol. The van der Waals surface area contributed by atoms with Gasteiger partial charge in [-0.2, -0.15) is 0 Å². The van der Waals surface area contributed by atoms with Crippen molar-refractivity contribution >= 4 is 28.5 Å². The molecule has 1 amide bonds. The topological polar surface area (TPSA) is 136 Å². The number of hydrogen-bond donors (Lipinski definition) is 2. The molecule has 0 spiro atoms. The smallest absolute Gasteiger partial charge is 0.408 e. The van der Waals surface area contributed by atoms with E-state index < -0.39 is 22.9 Å². The van der Waals surface area contributed by atoms with Gasteiger partial charge in [-0.1, -0.05) is 55.8 Å². The Bertz CT molecular complexity index is 1500. The van der Waals surface area contributed by atoms with Gasteiger partial charge in [-0.05, 0) is 24.1 Å². The van der Waals surface area contributed by atoms with Gasteiger partial charge in [0.2, 0.25) is 5.91 Å². The van der Waals surface area contributed by atoms with E-state index in [1.165, 1.54) is 14.0 Å². The molecule has 0 fully saturated rings. The van der Waals surface area contributed by atoms with Crippen LogP contribution in [-0.2, 0) is 24.4 Å². The summed E-state index contributed by atoms with van der Waals surface area (Å²) >= 11 is 0. The minimum atomic E-state index is -0.774. The van der Waals surface area contributed by atoms with Crippen LogP contribution in [0.4, 0.5) is 11.5 Å². The molecule has 34 heavy (non-hydrogen) atoms. The number of fused-ring (bicyclic) bond motifs is 1. The number of amides is 1. The highest BCUT2D eigenvalue weighted by molar-refractivity contribution is 5.96. The largest absolute Gasteiger partial charge is 0.420 e. The number of unbranched alkanes of at least 4 members (excludes halogenated alkanes) is 1. The number of anilines is 2. The van der Waals surface area contributed by atoms with Gasteiger partial charge in [-0.15, -0.1) is 0 Å². The molecule has 10 nitrogen and oxygen atoms in total. The average molecular weight is 463 g/mol. The predicted molar refractivity (Wildman–Crippen MR) is 129 cm³/mol. The summed E-state index contributed by atoms with van der Waals surface area (Å²) in [5, 5.41) is 0. The first-order valence-corrected chi connectivity index (χ1v) is 11.0. The second kappa shape index (κ2) is 9.65. The van der Waals surface area contributed by atoms with E-state index in [4.69, 9.17) is 10.2 Å². The van der Waals surface area contributed by atoms with Crippen LogP contribution in [0.3, 0.4) is 0 Å². The van der Waals surface area contributed by atoms with Crippen LogP contribution >= 0.6 is 0 Å². The molecule has 0 unspecified atom stereocenters. The number of aromatic nitrogens is 3. The van der Waals surface area contributed by atoms with Crippen LogP contribution in [0.2, 0.25) is 0 Å². The normalized spacial score (nSPS) is 11.1. The van der Waals surface area contributed by atoms with E-state index in [0.717, 1.165) is 12.0 Å². The van der Waals surface area contributed by atoms with Crippen molar-refractivity contribution < 1.29 is 9.21 Å². The number of benzene rings is 2. The van der Waals surface area contributed by atoms with Crippen molar-refractivity contribution in [1.29, 1.82) is 0 Å². The maximum atomic E-state index is 13.6. The highest BCUT2D eigenvalue weighted by Crippen LogP contribution is 2.21. The number of aromatic amines is 1. The van der Waals surface area contributed by atoms with Gasteiger partial charge in [0.1, 0.15) is 12.4 Å². The molecule has 10 heteroatoms. The summed E-state index contributed by atoms with van der Waals surface area (Å²) in [6.45, 7) is 1.90. The summed E-state index contributed by atoms with van der Waals surface area (Å²) in [6, 6.07) is 15.8. The Kier molecular flexibility index (Phi) is 6.48. The van der Waals surface area contributed by atoms with Gasteiger partial charge in [0.05, 0.1) is 12.1 Å². The molecule has 2 aromatic carbocycles. The van der Waals surface area contributed by atoms with Gasteiger partial charge in [-0.3, -0.25) is 28.6 Å². The van der Waals surface area contributed by atoms with Gasteiger partial charge >= 0.3 is 11.4 Å². The molecule has 0 bridgehead atoms. The Morgan fingerprint density at radius 1 is 1.03 bits per heavy atom. The molecular formula is C24H25N5O5. The van der Waals surface area contributed by atoms with Crippen molar-refractivity contribution in [3.63, 3.8) is 0 Å². The lowest BCUT2D eigenvalue weighted by atomic mass is 10.2. The lowest BCUT2D eigenvalue weighted by Gasteiger charge is -2.25. The summed E-state index contributed by atoms with van der Waals surface area (Å²) in [7, 11) is 0. The van der Waals surface area contributed by atoms with Crippen LogP contribution in [0, 0.1) is 0 Å². The van der Waals surface area contributed by atoms with Crippen LogP contribution < -0.4 is 27.6 Å². The number of H-pyrrole nitrogens is 1. The number of para-hydroxylation sites is 2. The van der Waals surface area contributed by atoms with E-state index in [9.17, 15) is 19.2 Å². The van der Waals surface area contributed by atoms with Crippen molar-refractivity contribution in [2.75, 3.05) is 10.6 Å². The third-order valence-corrected chi connectivity index (χ3v) is 5.57. The number of nitrogen functional groups attached to an aromatic ring is 1.